The first-order valence-electron chi connectivity index (χ1n) is 8.68. The lowest BCUT2D eigenvalue weighted by Gasteiger charge is -2.17. The molecule has 0 aliphatic rings. The highest BCUT2D eigenvalue weighted by Crippen LogP contribution is 2.36. The fourth-order valence-electron chi connectivity index (χ4n) is 2.69. The van der Waals surface area contributed by atoms with Crippen LogP contribution < -0.4 is 10.2 Å². The Morgan fingerprint density at radius 1 is 1.31 bits per heavy atom. The van der Waals surface area contributed by atoms with Gasteiger partial charge in [0.1, 0.15) is 18.2 Å². The van der Waals surface area contributed by atoms with Crippen LogP contribution in [0.5, 0.6) is 0 Å². The number of alkyl halides is 3. The van der Waals surface area contributed by atoms with Crippen molar-refractivity contribution in [1.82, 2.24) is 9.97 Å². The number of pyridine rings is 1. The zero-order valence-electron chi connectivity index (χ0n) is 16.1. The summed E-state index contributed by atoms with van der Waals surface area (Å²) in [6, 6.07) is 4.12. The van der Waals surface area contributed by atoms with Crippen molar-refractivity contribution < 1.29 is 32.3 Å². The van der Waals surface area contributed by atoms with Crippen molar-refractivity contribution in [3.8, 4) is 11.3 Å². The highest BCUT2D eigenvalue weighted by Gasteiger charge is 2.35. The summed E-state index contributed by atoms with van der Waals surface area (Å²) in [5.41, 5.74) is -1.81. The molecule has 2 aromatic heterocycles. The number of carbonyl (C=O) groups is 2. The lowest BCUT2D eigenvalue weighted by Crippen LogP contribution is -2.26. The Balaban J connectivity index is 1.79. The minimum atomic E-state index is -4.86. The number of hydrogen-bond donors (Lipinski definition) is 2. The van der Waals surface area contributed by atoms with E-state index in [1.807, 2.05) is 0 Å². The number of amides is 1. The number of carboxylic acid groups (broad SMARTS) is 1. The zero-order valence-corrected chi connectivity index (χ0v) is 17.6. The highest BCUT2D eigenvalue weighted by molar-refractivity contribution is 7.14. The smallest absolute Gasteiger partial charge is 0.419 e. The Bertz CT molecular complexity index is 1190. The normalized spacial score (nSPS) is 11.3. The van der Waals surface area contributed by atoms with E-state index in [0.29, 0.717) is 6.07 Å². The van der Waals surface area contributed by atoms with Gasteiger partial charge in [-0.25, -0.2) is 14.4 Å². The van der Waals surface area contributed by atoms with Gasteiger partial charge in [0.25, 0.3) is 5.91 Å². The predicted molar refractivity (Wildman–Crippen MR) is 111 cm³/mol. The number of nitrogens with one attached hydrogen (secondary N) is 1. The Kier molecular flexibility index (Phi) is 6.65. The Morgan fingerprint density at radius 2 is 2.03 bits per heavy atom. The second-order valence-electron chi connectivity index (χ2n) is 6.44. The molecule has 168 valence electrons. The zero-order chi connectivity index (χ0) is 23.6. The number of halogens is 5. The molecule has 0 radical (unpaired) electrons. The molecular weight excluding hydrogens is 476 g/mol. The van der Waals surface area contributed by atoms with Gasteiger partial charge in [-0.15, -0.1) is 11.3 Å². The predicted octanol–water partition coefficient (Wildman–Crippen LogP) is 4.79. The van der Waals surface area contributed by atoms with Crippen molar-refractivity contribution in [3.05, 3.63) is 57.8 Å². The molecule has 0 saturated carbocycles. The van der Waals surface area contributed by atoms with Crippen molar-refractivity contribution in [2.45, 2.75) is 6.18 Å². The van der Waals surface area contributed by atoms with Gasteiger partial charge in [-0.1, -0.05) is 17.7 Å². The fourth-order valence-corrected chi connectivity index (χ4v) is 3.70. The molecule has 0 saturated heterocycles. The molecular formula is C19H13ClF4N4O3S. The van der Waals surface area contributed by atoms with Crippen LogP contribution >= 0.6 is 22.9 Å². The quantitative estimate of drug-likeness (QED) is 0.484. The first-order chi connectivity index (χ1) is 15.0. The van der Waals surface area contributed by atoms with Crippen LogP contribution in [0.25, 0.3) is 11.3 Å². The van der Waals surface area contributed by atoms with Gasteiger partial charge in [-0.3, -0.25) is 14.9 Å². The molecule has 0 fully saturated rings. The molecule has 7 nitrogen and oxygen atoms in total. The number of anilines is 2. The van der Waals surface area contributed by atoms with E-state index < -0.39 is 29.4 Å². The molecule has 0 unspecified atom stereocenters. The lowest BCUT2D eigenvalue weighted by molar-refractivity contribution is -0.140. The highest BCUT2D eigenvalue weighted by atomic mass is 35.5. The molecule has 0 bridgehead atoms. The van der Waals surface area contributed by atoms with Gasteiger partial charge in [0, 0.05) is 24.2 Å². The van der Waals surface area contributed by atoms with Gasteiger partial charge in [0.2, 0.25) is 0 Å². The second kappa shape index (κ2) is 9.09. The number of rotatable bonds is 6. The summed E-state index contributed by atoms with van der Waals surface area (Å²) >= 11 is 6.97. The molecule has 0 aliphatic carbocycles. The van der Waals surface area contributed by atoms with E-state index in [2.05, 4.69) is 15.3 Å². The van der Waals surface area contributed by atoms with Crippen molar-refractivity contribution in [2.24, 2.45) is 0 Å². The van der Waals surface area contributed by atoms with Crippen LogP contribution in [-0.4, -0.2) is 40.5 Å². The monoisotopic (exact) mass is 488 g/mol. The molecule has 13 heteroatoms. The molecule has 0 spiro atoms. The number of likely N-dealkylation sites (N-methyl/N-ethyl adjacent to an activating group) is 1. The maximum atomic E-state index is 14.3. The van der Waals surface area contributed by atoms with E-state index in [9.17, 15) is 27.2 Å². The molecule has 1 amide bonds. The van der Waals surface area contributed by atoms with Gasteiger partial charge >= 0.3 is 12.1 Å². The lowest BCUT2D eigenvalue weighted by atomic mass is 10.1. The first-order valence-corrected chi connectivity index (χ1v) is 9.94. The van der Waals surface area contributed by atoms with Gasteiger partial charge in [0.05, 0.1) is 21.8 Å². The van der Waals surface area contributed by atoms with E-state index in [0.717, 1.165) is 23.5 Å². The number of carboxylic acids is 1. The largest absolute Gasteiger partial charge is 0.480 e. The number of benzene rings is 1. The standard InChI is InChI=1S/C19H13ClF4N4O3S/c1-28(7-14(29)30)16-12(20)5-9(6-25-16)17(31)27-18-26-13(8-32-18)10-3-2-4-11(15(10)21)19(22,23)24/h2-6,8H,7H2,1H3,(H,29,30)(H,26,27,31). The van der Waals surface area contributed by atoms with E-state index in [4.69, 9.17) is 16.7 Å². The van der Waals surface area contributed by atoms with E-state index in [1.54, 1.807) is 0 Å². The van der Waals surface area contributed by atoms with Crippen LogP contribution in [0.1, 0.15) is 15.9 Å². The first kappa shape index (κ1) is 23.4. The van der Waals surface area contributed by atoms with Gasteiger partial charge in [0.15, 0.2) is 5.13 Å². The SMILES string of the molecule is CN(CC(=O)O)c1ncc(C(=O)Nc2nc(-c3cccc(C(F)(F)F)c3F)cs2)cc1Cl. The van der Waals surface area contributed by atoms with Gasteiger partial charge in [-0.2, -0.15) is 13.2 Å². The number of hydrogen-bond acceptors (Lipinski definition) is 6. The van der Waals surface area contributed by atoms with Crippen LogP contribution in [0.3, 0.4) is 0 Å². The Morgan fingerprint density at radius 3 is 2.66 bits per heavy atom. The third kappa shape index (κ3) is 5.14. The third-order valence-electron chi connectivity index (χ3n) is 4.12. The van der Waals surface area contributed by atoms with Crippen LogP contribution in [0.4, 0.5) is 28.5 Å². The van der Waals surface area contributed by atoms with Gasteiger partial charge in [-0.05, 0) is 18.2 Å². The molecule has 0 atom stereocenters. The summed E-state index contributed by atoms with van der Waals surface area (Å²) in [5.74, 6) is -3.07. The Labute approximate surface area is 187 Å². The van der Waals surface area contributed by atoms with Crippen molar-refractivity contribution in [2.75, 3.05) is 23.8 Å². The summed E-state index contributed by atoms with van der Waals surface area (Å²) in [6.45, 7) is -0.355. The molecule has 32 heavy (non-hydrogen) atoms. The number of thiazole rings is 1. The summed E-state index contributed by atoms with van der Waals surface area (Å²) in [4.78, 5) is 32.5. The van der Waals surface area contributed by atoms with Crippen LogP contribution in [0.2, 0.25) is 5.02 Å². The molecule has 0 aliphatic heterocycles. The van der Waals surface area contributed by atoms with E-state index >= 15 is 0 Å². The van der Waals surface area contributed by atoms with Crippen molar-refractivity contribution in [1.29, 1.82) is 0 Å². The molecule has 2 heterocycles. The summed E-state index contributed by atoms with van der Waals surface area (Å²) in [6.07, 6.45) is -3.68. The van der Waals surface area contributed by atoms with Gasteiger partial charge < -0.3 is 10.0 Å². The maximum Gasteiger partial charge on any atom is 0.419 e. The van der Waals surface area contributed by atoms with E-state index in [-0.39, 0.29) is 39.3 Å². The summed E-state index contributed by atoms with van der Waals surface area (Å²) < 4.78 is 53.1. The second-order valence-corrected chi connectivity index (χ2v) is 7.70. The minimum Gasteiger partial charge on any atom is -0.480 e. The Hall–Kier alpha value is -3.25. The number of carbonyl (C=O) groups excluding carboxylic acids is 1. The number of aromatic nitrogens is 2. The molecule has 1 aromatic carbocycles. The van der Waals surface area contributed by atoms with Crippen molar-refractivity contribution in [3.63, 3.8) is 0 Å². The average Bonchev–Trinajstić information content (AvgIpc) is 3.14. The number of aliphatic carboxylic acids is 1. The topological polar surface area (TPSA) is 95.4 Å². The third-order valence-corrected chi connectivity index (χ3v) is 5.16. The van der Waals surface area contributed by atoms with Crippen molar-refractivity contribution >= 4 is 45.8 Å². The van der Waals surface area contributed by atoms with Crippen LogP contribution in [0.15, 0.2) is 35.8 Å². The van der Waals surface area contributed by atoms with Crippen LogP contribution in [0, 0.1) is 5.82 Å². The minimum absolute atomic E-state index is 0.0185. The average molecular weight is 489 g/mol. The van der Waals surface area contributed by atoms with E-state index in [1.165, 1.54) is 29.6 Å². The maximum absolute atomic E-state index is 14.3. The molecule has 2 N–H and O–H groups in total. The van der Waals surface area contributed by atoms with Crippen LogP contribution in [-0.2, 0) is 11.0 Å². The number of nitrogens with zero attached hydrogens (tertiary/aromatic N) is 3. The molecule has 3 rings (SSSR count). The summed E-state index contributed by atoms with van der Waals surface area (Å²) in [7, 11) is 1.46. The fraction of sp³-hybridized carbons (Fsp3) is 0.158. The molecule has 3 aromatic rings. The summed E-state index contributed by atoms with van der Waals surface area (Å²) in [5, 5.41) is 12.6.